The van der Waals surface area contributed by atoms with Crippen molar-refractivity contribution in [3.63, 3.8) is 0 Å². The Morgan fingerprint density at radius 2 is 1.50 bits per heavy atom. The molecule has 0 heterocycles. The quantitative estimate of drug-likeness (QED) is 0.416. The molecule has 0 aliphatic carbocycles. The highest BCUT2D eigenvalue weighted by atomic mass is 79.9. The summed E-state index contributed by atoms with van der Waals surface area (Å²) in [5.41, 5.74) is 1.27. The van der Waals surface area contributed by atoms with E-state index in [0.29, 0.717) is 4.83 Å². The van der Waals surface area contributed by atoms with E-state index in [0.717, 1.165) is 44.0 Å². The fraction of sp³-hybridized carbons (Fsp3) is 0.368. The summed E-state index contributed by atoms with van der Waals surface area (Å²) in [6.45, 7) is 3.62. The minimum absolute atomic E-state index is 0.398. The number of para-hydroxylation sites is 1. The Hall–Kier alpha value is -1.48. The second kappa shape index (κ2) is 9.52. The zero-order valence-electron chi connectivity index (χ0n) is 13.0. The van der Waals surface area contributed by atoms with Crippen LogP contribution in [0, 0.1) is 0 Å². The van der Waals surface area contributed by atoms with Crippen LogP contribution in [0.4, 0.5) is 0 Å². The highest BCUT2D eigenvalue weighted by molar-refractivity contribution is 9.09. The Balaban J connectivity index is 1.64. The van der Waals surface area contributed by atoms with Crippen LogP contribution in [-0.2, 0) is 0 Å². The lowest BCUT2D eigenvalue weighted by molar-refractivity contribution is 0.266. The summed E-state index contributed by atoms with van der Waals surface area (Å²) < 4.78 is 11.5. The smallest absolute Gasteiger partial charge is 0.119 e. The zero-order chi connectivity index (χ0) is 15.6. The number of hydrogen-bond acceptors (Lipinski definition) is 2. The maximum Gasteiger partial charge on any atom is 0.119 e. The summed E-state index contributed by atoms with van der Waals surface area (Å²) in [6, 6.07) is 18.2. The molecule has 0 aliphatic heterocycles. The van der Waals surface area contributed by atoms with E-state index in [4.69, 9.17) is 9.47 Å². The summed E-state index contributed by atoms with van der Waals surface area (Å²) in [4.78, 5) is 0.398. The van der Waals surface area contributed by atoms with Crippen molar-refractivity contribution in [2.24, 2.45) is 0 Å². The lowest BCUT2D eigenvalue weighted by Gasteiger charge is -2.11. The number of ether oxygens (including phenoxy) is 2. The van der Waals surface area contributed by atoms with Crippen molar-refractivity contribution in [2.45, 2.75) is 31.0 Å². The van der Waals surface area contributed by atoms with Crippen molar-refractivity contribution >= 4 is 15.9 Å². The van der Waals surface area contributed by atoms with E-state index in [1.165, 1.54) is 5.56 Å². The monoisotopic (exact) mass is 362 g/mol. The molecule has 1 atom stereocenters. The number of hydrogen-bond donors (Lipinski definition) is 0. The largest absolute Gasteiger partial charge is 0.494 e. The van der Waals surface area contributed by atoms with E-state index in [1.54, 1.807) is 0 Å². The first kappa shape index (κ1) is 16.9. The SMILES string of the molecule is CCC(Br)c1cccc(OCCCCOc2ccccc2)c1. The first-order valence-electron chi connectivity index (χ1n) is 7.84. The Bertz CT molecular complexity index is 542. The van der Waals surface area contributed by atoms with Crippen LogP contribution in [0.5, 0.6) is 11.5 Å². The number of rotatable bonds is 9. The van der Waals surface area contributed by atoms with Crippen molar-refractivity contribution in [1.82, 2.24) is 0 Å². The van der Waals surface area contributed by atoms with Gasteiger partial charge in [-0.05, 0) is 49.1 Å². The molecule has 1 unspecified atom stereocenters. The summed E-state index contributed by atoms with van der Waals surface area (Å²) in [7, 11) is 0. The van der Waals surface area contributed by atoms with Crippen molar-refractivity contribution in [1.29, 1.82) is 0 Å². The standard InChI is InChI=1S/C19H23BrO2/c1-2-19(20)16-9-8-12-18(15-16)22-14-7-6-13-21-17-10-4-3-5-11-17/h3-5,8-12,15,19H,2,6-7,13-14H2,1H3. The summed E-state index contributed by atoms with van der Waals surface area (Å²) >= 11 is 3.67. The van der Waals surface area contributed by atoms with Gasteiger partial charge in [0.1, 0.15) is 11.5 Å². The second-order valence-electron chi connectivity index (χ2n) is 5.17. The van der Waals surface area contributed by atoms with Gasteiger partial charge < -0.3 is 9.47 Å². The first-order chi connectivity index (χ1) is 10.8. The molecule has 118 valence electrons. The third kappa shape index (κ3) is 5.72. The van der Waals surface area contributed by atoms with Gasteiger partial charge in [0.15, 0.2) is 0 Å². The van der Waals surface area contributed by atoms with Crippen LogP contribution >= 0.6 is 15.9 Å². The molecule has 0 spiro atoms. The van der Waals surface area contributed by atoms with Crippen LogP contribution in [0.25, 0.3) is 0 Å². The minimum Gasteiger partial charge on any atom is -0.494 e. The van der Waals surface area contributed by atoms with E-state index < -0.39 is 0 Å². The predicted molar refractivity (Wildman–Crippen MR) is 95.1 cm³/mol. The first-order valence-corrected chi connectivity index (χ1v) is 8.76. The fourth-order valence-corrected chi connectivity index (χ4v) is 2.42. The van der Waals surface area contributed by atoms with Gasteiger partial charge in [0.2, 0.25) is 0 Å². The molecule has 22 heavy (non-hydrogen) atoms. The molecule has 0 N–H and O–H groups in total. The Morgan fingerprint density at radius 1 is 0.864 bits per heavy atom. The van der Waals surface area contributed by atoms with Gasteiger partial charge in [0.05, 0.1) is 13.2 Å². The summed E-state index contributed by atoms with van der Waals surface area (Å²) in [5.74, 6) is 1.87. The molecule has 3 heteroatoms. The van der Waals surface area contributed by atoms with Crippen LogP contribution < -0.4 is 9.47 Å². The lowest BCUT2D eigenvalue weighted by atomic mass is 10.1. The van der Waals surface area contributed by atoms with E-state index in [9.17, 15) is 0 Å². The minimum atomic E-state index is 0.398. The van der Waals surface area contributed by atoms with Gasteiger partial charge in [-0.25, -0.2) is 0 Å². The highest BCUT2D eigenvalue weighted by Gasteiger charge is 2.05. The second-order valence-corrected chi connectivity index (χ2v) is 6.27. The normalized spacial score (nSPS) is 11.9. The topological polar surface area (TPSA) is 18.5 Å². The van der Waals surface area contributed by atoms with Crippen molar-refractivity contribution in [3.05, 3.63) is 60.2 Å². The molecule has 2 aromatic rings. The maximum atomic E-state index is 5.82. The average molecular weight is 363 g/mol. The Morgan fingerprint density at radius 3 is 2.18 bits per heavy atom. The van der Waals surface area contributed by atoms with Crippen molar-refractivity contribution in [3.8, 4) is 11.5 Å². The molecule has 0 bridgehead atoms. The van der Waals surface area contributed by atoms with Crippen LogP contribution in [-0.4, -0.2) is 13.2 Å². The molecular weight excluding hydrogens is 340 g/mol. The van der Waals surface area contributed by atoms with E-state index in [2.05, 4.69) is 35.0 Å². The van der Waals surface area contributed by atoms with Crippen LogP contribution in [0.1, 0.15) is 36.6 Å². The Kier molecular flexibility index (Phi) is 7.31. The van der Waals surface area contributed by atoms with Crippen molar-refractivity contribution < 1.29 is 9.47 Å². The van der Waals surface area contributed by atoms with Crippen LogP contribution in [0.3, 0.4) is 0 Å². The van der Waals surface area contributed by atoms with Crippen LogP contribution in [0.15, 0.2) is 54.6 Å². The molecule has 0 radical (unpaired) electrons. The third-order valence-electron chi connectivity index (χ3n) is 3.40. The van der Waals surface area contributed by atoms with Gasteiger partial charge >= 0.3 is 0 Å². The molecule has 2 nitrogen and oxygen atoms in total. The molecule has 0 aromatic heterocycles. The molecule has 0 saturated heterocycles. The number of alkyl halides is 1. The van der Waals surface area contributed by atoms with E-state index >= 15 is 0 Å². The molecular formula is C19H23BrO2. The lowest BCUT2D eigenvalue weighted by Crippen LogP contribution is -2.02. The van der Waals surface area contributed by atoms with E-state index in [1.807, 2.05) is 42.5 Å². The van der Waals surface area contributed by atoms with Gasteiger partial charge in [-0.2, -0.15) is 0 Å². The fourth-order valence-electron chi connectivity index (χ4n) is 2.14. The van der Waals surface area contributed by atoms with Gasteiger partial charge in [0.25, 0.3) is 0 Å². The third-order valence-corrected chi connectivity index (χ3v) is 4.57. The summed E-state index contributed by atoms with van der Waals surface area (Å²) in [6.07, 6.45) is 3.05. The van der Waals surface area contributed by atoms with Crippen LogP contribution in [0.2, 0.25) is 0 Å². The van der Waals surface area contributed by atoms with Gasteiger partial charge in [-0.1, -0.05) is 53.2 Å². The average Bonchev–Trinajstić information content (AvgIpc) is 2.58. The predicted octanol–water partition coefficient (Wildman–Crippen LogP) is 5.77. The van der Waals surface area contributed by atoms with E-state index in [-0.39, 0.29) is 0 Å². The van der Waals surface area contributed by atoms with Gasteiger partial charge in [-0.15, -0.1) is 0 Å². The zero-order valence-corrected chi connectivity index (χ0v) is 14.6. The number of unbranched alkanes of at least 4 members (excludes halogenated alkanes) is 1. The molecule has 0 saturated carbocycles. The molecule has 2 rings (SSSR count). The molecule has 2 aromatic carbocycles. The van der Waals surface area contributed by atoms with Gasteiger partial charge in [-0.3, -0.25) is 0 Å². The summed E-state index contributed by atoms with van der Waals surface area (Å²) in [5, 5.41) is 0. The van der Waals surface area contributed by atoms with Gasteiger partial charge in [0, 0.05) is 4.83 Å². The number of halogens is 1. The molecule has 0 aliphatic rings. The molecule has 0 fully saturated rings. The maximum absolute atomic E-state index is 5.82. The Labute approximate surface area is 141 Å². The highest BCUT2D eigenvalue weighted by Crippen LogP contribution is 2.28. The van der Waals surface area contributed by atoms with Crippen molar-refractivity contribution in [2.75, 3.05) is 13.2 Å². The molecule has 0 amide bonds. The number of benzene rings is 2.